The first kappa shape index (κ1) is 18.1. The second-order valence-corrected chi connectivity index (χ2v) is 8.15. The van der Waals surface area contributed by atoms with Crippen molar-refractivity contribution in [3.63, 3.8) is 0 Å². The van der Waals surface area contributed by atoms with Gasteiger partial charge in [0.15, 0.2) is 0 Å². The summed E-state index contributed by atoms with van der Waals surface area (Å²) in [5.41, 5.74) is 8.23. The maximum atomic E-state index is 3.66. The molecule has 0 spiro atoms. The maximum absolute atomic E-state index is 3.66. The van der Waals surface area contributed by atoms with E-state index in [-0.39, 0.29) is 0 Å². The van der Waals surface area contributed by atoms with Gasteiger partial charge >= 0.3 is 0 Å². The van der Waals surface area contributed by atoms with E-state index in [4.69, 9.17) is 0 Å². The molecule has 0 aliphatic heterocycles. The van der Waals surface area contributed by atoms with Gasteiger partial charge in [0, 0.05) is 41.1 Å². The molecule has 1 heterocycles. The van der Waals surface area contributed by atoms with Crippen LogP contribution in [0.2, 0.25) is 0 Å². The molecule has 0 radical (unpaired) electrons. The van der Waals surface area contributed by atoms with E-state index >= 15 is 0 Å². The number of nitrogens with zero attached hydrogens (tertiary/aromatic N) is 1. The number of thioether (sulfide) groups is 1. The molecule has 0 bridgehead atoms. The molecule has 0 aliphatic carbocycles. The predicted molar refractivity (Wildman–Crippen MR) is 111 cm³/mol. The van der Waals surface area contributed by atoms with Crippen LogP contribution in [0.4, 0.5) is 0 Å². The maximum Gasteiger partial charge on any atom is 0.0459 e. The Labute approximate surface area is 155 Å². The fraction of sp³-hybridized carbons (Fsp3) is 0.364. The molecule has 0 unspecified atom stereocenters. The molecule has 3 rings (SSSR count). The molecule has 0 fully saturated rings. The van der Waals surface area contributed by atoms with Crippen LogP contribution >= 0.6 is 11.8 Å². The molecule has 0 amide bonds. The highest BCUT2D eigenvalue weighted by Gasteiger charge is 2.12. The summed E-state index contributed by atoms with van der Waals surface area (Å²) >= 11 is 2.01. The Morgan fingerprint density at radius 2 is 1.76 bits per heavy atom. The summed E-state index contributed by atoms with van der Waals surface area (Å²) in [6.07, 6.45) is 1.07. The van der Waals surface area contributed by atoms with Crippen LogP contribution in [-0.4, -0.2) is 30.5 Å². The predicted octanol–water partition coefficient (Wildman–Crippen LogP) is 5.32. The Balaban J connectivity index is 1.79. The van der Waals surface area contributed by atoms with E-state index in [0.29, 0.717) is 0 Å². The zero-order valence-electron chi connectivity index (χ0n) is 15.7. The lowest BCUT2D eigenvalue weighted by Gasteiger charge is -2.10. The van der Waals surface area contributed by atoms with Crippen molar-refractivity contribution in [1.82, 2.24) is 9.88 Å². The van der Waals surface area contributed by atoms with Crippen LogP contribution in [-0.2, 0) is 17.9 Å². The zero-order chi connectivity index (χ0) is 17.8. The summed E-state index contributed by atoms with van der Waals surface area (Å²) < 4.78 is 0. The highest BCUT2D eigenvalue weighted by molar-refractivity contribution is 7.97. The SMILES string of the molecule is Cc1cccc(CSCc2c(CCN(C)C)[nH]c3ccc(C)cc23)c1. The number of rotatable bonds is 7. The second kappa shape index (κ2) is 8.11. The molecule has 0 saturated carbocycles. The lowest BCUT2D eigenvalue weighted by Crippen LogP contribution is -2.15. The highest BCUT2D eigenvalue weighted by atomic mass is 32.2. The molecule has 132 valence electrons. The third-order valence-corrected chi connectivity index (χ3v) is 5.59. The summed E-state index contributed by atoms with van der Waals surface area (Å²) in [5.74, 6) is 2.12. The average molecular weight is 353 g/mol. The third-order valence-electron chi connectivity index (χ3n) is 4.56. The van der Waals surface area contributed by atoms with Gasteiger partial charge in [0.25, 0.3) is 0 Å². The molecule has 1 aromatic heterocycles. The van der Waals surface area contributed by atoms with Gasteiger partial charge in [-0.25, -0.2) is 0 Å². The van der Waals surface area contributed by atoms with Crippen molar-refractivity contribution in [2.75, 3.05) is 20.6 Å². The van der Waals surface area contributed by atoms with Crippen LogP contribution in [0.1, 0.15) is 27.9 Å². The Kier molecular flexibility index (Phi) is 5.87. The van der Waals surface area contributed by atoms with E-state index in [9.17, 15) is 0 Å². The molecule has 0 aliphatic rings. The second-order valence-electron chi connectivity index (χ2n) is 7.17. The Morgan fingerprint density at radius 1 is 0.960 bits per heavy atom. The van der Waals surface area contributed by atoms with E-state index in [0.717, 1.165) is 24.5 Å². The summed E-state index contributed by atoms with van der Waals surface area (Å²) in [6, 6.07) is 15.6. The Morgan fingerprint density at radius 3 is 2.52 bits per heavy atom. The molecule has 0 saturated heterocycles. The van der Waals surface area contributed by atoms with E-state index in [1.165, 1.54) is 38.9 Å². The molecule has 2 aromatic carbocycles. The number of aromatic nitrogens is 1. The van der Waals surface area contributed by atoms with Gasteiger partial charge in [-0.15, -0.1) is 0 Å². The van der Waals surface area contributed by atoms with Crippen LogP contribution in [0.15, 0.2) is 42.5 Å². The minimum absolute atomic E-state index is 1.06. The van der Waals surface area contributed by atoms with Crippen molar-refractivity contribution in [2.45, 2.75) is 31.8 Å². The number of nitrogens with one attached hydrogen (secondary N) is 1. The number of aryl methyl sites for hydroxylation is 2. The van der Waals surface area contributed by atoms with Crippen molar-refractivity contribution in [2.24, 2.45) is 0 Å². The highest BCUT2D eigenvalue weighted by Crippen LogP contribution is 2.29. The Bertz CT molecular complexity index is 848. The minimum Gasteiger partial charge on any atom is -0.358 e. The number of aromatic amines is 1. The number of hydrogen-bond acceptors (Lipinski definition) is 2. The first-order chi connectivity index (χ1) is 12.0. The molecule has 3 heteroatoms. The number of H-pyrrole nitrogens is 1. The van der Waals surface area contributed by atoms with Crippen LogP contribution in [0.5, 0.6) is 0 Å². The molecular formula is C22H28N2S. The van der Waals surface area contributed by atoms with Gasteiger partial charge < -0.3 is 9.88 Å². The van der Waals surface area contributed by atoms with E-state index < -0.39 is 0 Å². The minimum atomic E-state index is 1.06. The number of benzene rings is 2. The van der Waals surface area contributed by atoms with Gasteiger partial charge in [0.1, 0.15) is 0 Å². The molecular weight excluding hydrogens is 324 g/mol. The first-order valence-corrected chi connectivity index (χ1v) is 10.1. The Hall–Kier alpha value is -1.71. The van der Waals surface area contributed by atoms with Crippen LogP contribution in [0.3, 0.4) is 0 Å². The lowest BCUT2D eigenvalue weighted by molar-refractivity contribution is 0.412. The van der Waals surface area contributed by atoms with Crippen molar-refractivity contribution < 1.29 is 0 Å². The fourth-order valence-electron chi connectivity index (χ4n) is 3.20. The standard InChI is InChI=1S/C22H28N2S/c1-16-6-5-7-18(12-16)14-25-15-20-19-13-17(2)8-9-21(19)23-22(20)10-11-24(3)4/h5-9,12-13,23H,10-11,14-15H2,1-4H3. The van der Waals surface area contributed by atoms with Crippen molar-refractivity contribution >= 4 is 22.7 Å². The summed E-state index contributed by atoms with van der Waals surface area (Å²) in [6.45, 7) is 5.41. The van der Waals surface area contributed by atoms with Gasteiger partial charge in [-0.2, -0.15) is 11.8 Å². The number of likely N-dealkylation sites (N-methyl/N-ethyl adjacent to an activating group) is 1. The van der Waals surface area contributed by atoms with Gasteiger partial charge in [-0.05, 0) is 51.2 Å². The summed E-state index contributed by atoms with van der Waals surface area (Å²) in [5, 5.41) is 1.39. The normalized spacial score (nSPS) is 11.6. The van der Waals surface area contributed by atoms with Crippen molar-refractivity contribution in [3.8, 4) is 0 Å². The smallest absolute Gasteiger partial charge is 0.0459 e. The molecule has 1 N–H and O–H groups in total. The van der Waals surface area contributed by atoms with E-state index in [1.807, 2.05) is 11.8 Å². The number of hydrogen-bond donors (Lipinski definition) is 1. The molecule has 25 heavy (non-hydrogen) atoms. The lowest BCUT2D eigenvalue weighted by atomic mass is 10.1. The fourth-order valence-corrected chi connectivity index (χ4v) is 4.26. The monoisotopic (exact) mass is 352 g/mol. The van der Waals surface area contributed by atoms with E-state index in [1.54, 1.807) is 0 Å². The van der Waals surface area contributed by atoms with Crippen molar-refractivity contribution in [3.05, 3.63) is 70.4 Å². The van der Waals surface area contributed by atoms with Crippen molar-refractivity contribution in [1.29, 1.82) is 0 Å². The number of fused-ring (bicyclic) bond motifs is 1. The zero-order valence-corrected chi connectivity index (χ0v) is 16.5. The third kappa shape index (κ3) is 4.68. The first-order valence-electron chi connectivity index (χ1n) is 8.91. The molecule has 0 atom stereocenters. The van der Waals surface area contributed by atoms with Gasteiger partial charge in [0.2, 0.25) is 0 Å². The summed E-state index contributed by atoms with van der Waals surface area (Å²) in [7, 11) is 4.28. The topological polar surface area (TPSA) is 19.0 Å². The molecule has 3 aromatic rings. The van der Waals surface area contributed by atoms with Gasteiger partial charge in [-0.3, -0.25) is 0 Å². The van der Waals surface area contributed by atoms with E-state index in [2.05, 4.69) is 80.3 Å². The van der Waals surface area contributed by atoms with Crippen LogP contribution in [0, 0.1) is 13.8 Å². The van der Waals surface area contributed by atoms with Crippen LogP contribution in [0.25, 0.3) is 10.9 Å². The average Bonchev–Trinajstić information content (AvgIpc) is 2.90. The van der Waals surface area contributed by atoms with Gasteiger partial charge in [0.05, 0.1) is 0 Å². The quantitative estimate of drug-likeness (QED) is 0.620. The largest absolute Gasteiger partial charge is 0.358 e. The van der Waals surface area contributed by atoms with Crippen LogP contribution < -0.4 is 0 Å². The molecule has 2 nitrogen and oxygen atoms in total. The summed E-state index contributed by atoms with van der Waals surface area (Å²) in [4.78, 5) is 5.91. The van der Waals surface area contributed by atoms with Gasteiger partial charge in [-0.1, -0.05) is 41.5 Å².